The topological polar surface area (TPSA) is 172 Å². The number of phosphoric acid groups is 1. The number of rotatable bonds is 34. The molecule has 0 aromatic rings. The Balaban J connectivity index is 4.49. The number of carbonyl (C=O) groups is 3. The van der Waals surface area contributed by atoms with Gasteiger partial charge in [0, 0.05) is 12.8 Å². The van der Waals surface area contributed by atoms with E-state index in [0.717, 1.165) is 57.8 Å². The van der Waals surface area contributed by atoms with E-state index in [-0.39, 0.29) is 19.4 Å². The van der Waals surface area contributed by atoms with Crippen molar-refractivity contribution in [2.45, 2.75) is 154 Å². The largest absolute Gasteiger partial charge is 0.480 e. The molecular formula is C38H66NO10P. The van der Waals surface area contributed by atoms with Gasteiger partial charge in [0.2, 0.25) is 0 Å². The first-order valence-electron chi connectivity index (χ1n) is 18.7. The van der Waals surface area contributed by atoms with Gasteiger partial charge in [-0.25, -0.2) is 4.57 Å². The van der Waals surface area contributed by atoms with Gasteiger partial charge in [0.05, 0.1) is 13.2 Å². The Morgan fingerprint density at radius 2 is 1.12 bits per heavy atom. The van der Waals surface area contributed by atoms with Crippen LogP contribution in [0.15, 0.2) is 48.6 Å². The van der Waals surface area contributed by atoms with Gasteiger partial charge in [-0.2, -0.15) is 0 Å². The summed E-state index contributed by atoms with van der Waals surface area (Å²) in [5.41, 5.74) is 5.31. The van der Waals surface area contributed by atoms with Crippen molar-refractivity contribution in [3.63, 3.8) is 0 Å². The molecule has 0 aliphatic rings. The second-order valence-corrected chi connectivity index (χ2v) is 13.9. The minimum atomic E-state index is -4.71. The van der Waals surface area contributed by atoms with Gasteiger partial charge >= 0.3 is 25.7 Å². The molecule has 0 fully saturated rings. The highest BCUT2D eigenvalue weighted by Gasteiger charge is 2.28. The first-order valence-corrected chi connectivity index (χ1v) is 20.2. The first-order chi connectivity index (χ1) is 24.1. The second-order valence-electron chi connectivity index (χ2n) is 12.4. The molecule has 11 nitrogen and oxygen atoms in total. The molecule has 0 spiro atoms. The summed E-state index contributed by atoms with van der Waals surface area (Å²) in [4.78, 5) is 45.7. The van der Waals surface area contributed by atoms with Gasteiger partial charge < -0.3 is 25.2 Å². The Morgan fingerprint density at radius 3 is 1.68 bits per heavy atom. The zero-order valence-electron chi connectivity index (χ0n) is 30.7. The lowest BCUT2D eigenvalue weighted by Crippen LogP contribution is -2.34. The fourth-order valence-electron chi connectivity index (χ4n) is 4.72. The van der Waals surface area contributed by atoms with Crippen molar-refractivity contribution in [2.75, 3.05) is 19.8 Å². The molecule has 12 heteroatoms. The van der Waals surface area contributed by atoms with Crippen LogP contribution in [0, 0.1) is 0 Å². The molecule has 0 amide bonds. The number of esters is 2. The van der Waals surface area contributed by atoms with E-state index in [1.54, 1.807) is 0 Å². The minimum absolute atomic E-state index is 0.156. The van der Waals surface area contributed by atoms with Crippen molar-refractivity contribution in [2.24, 2.45) is 5.73 Å². The highest BCUT2D eigenvalue weighted by atomic mass is 31.2. The summed E-state index contributed by atoms with van der Waals surface area (Å²) in [5, 5.41) is 8.85. The summed E-state index contributed by atoms with van der Waals surface area (Å²) in [7, 11) is -4.71. The number of unbranched alkanes of at least 4 members (excludes halogenated alkanes) is 15. The van der Waals surface area contributed by atoms with E-state index in [9.17, 15) is 23.8 Å². The summed E-state index contributed by atoms with van der Waals surface area (Å²) < 4.78 is 32.5. The Kier molecular flexibility index (Phi) is 31.9. The number of hydrogen-bond acceptors (Lipinski definition) is 9. The van der Waals surface area contributed by atoms with Crippen molar-refractivity contribution in [3.8, 4) is 0 Å². The number of hydrogen-bond donors (Lipinski definition) is 3. The molecule has 0 bridgehead atoms. The van der Waals surface area contributed by atoms with E-state index >= 15 is 0 Å². The molecule has 0 aliphatic heterocycles. The number of nitrogens with two attached hydrogens (primary N) is 1. The maximum absolute atomic E-state index is 12.5. The van der Waals surface area contributed by atoms with Gasteiger partial charge in [-0.3, -0.25) is 23.4 Å². The van der Waals surface area contributed by atoms with E-state index in [0.29, 0.717) is 12.8 Å². The molecule has 0 rings (SSSR count). The molecule has 0 heterocycles. The summed E-state index contributed by atoms with van der Waals surface area (Å²) in [6.45, 7) is 2.60. The van der Waals surface area contributed by atoms with Crippen LogP contribution < -0.4 is 5.73 Å². The lowest BCUT2D eigenvalue weighted by molar-refractivity contribution is -0.161. The van der Waals surface area contributed by atoms with Gasteiger partial charge in [-0.05, 0) is 32.1 Å². The van der Waals surface area contributed by atoms with Gasteiger partial charge in [0.1, 0.15) is 12.6 Å². The van der Waals surface area contributed by atoms with Crippen molar-refractivity contribution in [1.82, 2.24) is 0 Å². The maximum atomic E-state index is 12.5. The molecule has 50 heavy (non-hydrogen) atoms. The predicted octanol–water partition coefficient (Wildman–Crippen LogP) is 9.05. The SMILES string of the molecule is CC/C=C/C=C/C=C/C=C/CCCCCCCC(=O)OC[C@H](COP(=O)(O)OC[C@H](N)C(=O)O)OC(=O)CCCCCCCCCCCCC. The normalized spacial score (nSPS) is 14.5. The third-order valence-corrected chi connectivity index (χ3v) is 8.64. The number of allylic oxidation sites excluding steroid dienone is 8. The molecule has 288 valence electrons. The van der Waals surface area contributed by atoms with E-state index in [4.69, 9.17) is 24.8 Å². The Morgan fingerprint density at radius 1 is 0.640 bits per heavy atom. The average Bonchev–Trinajstić information content (AvgIpc) is 3.09. The first kappa shape index (κ1) is 47.4. The molecule has 0 saturated carbocycles. The lowest BCUT2D eigenvalue weighted by atomic mass is 10.1. The highest BCUT2D eigenvalue weighted by Crippen LogP contribution is 2.43. The standard InChI is InChI=1S/C38H66NO10P/c1-3-5-7-9-11-13-15-16-17-18-20-21-23-25-27-29-36(40)46-31-34(32-47-50(44,45)48-33-35(39)38(42)43)49-37(41)30-28-26-24-22-19-14-12-10-8-6-4-2/h5,7,9,11,13,15-17,34-35H,3-4,6,8,10,12,14,18-33,39H2,1-2H3,(H,42,43)(H,44,45)/b7-5+,11-9+,15-13+,17-16+/t34-,35+/m1/s1. The predicted molar refractivity (Wildman–Crippen MR) is 198 cm³/mol. The van der Waals surface area contributed by atoms with Crippen LogP contribution in [0.2, 0.25) is 0 Å². The Labute approximate surface area is 301 Å². The summed E-state index contributed by atoms with van der Waals surface area (Å²) in [5.74, 6) is -2.41. The number of carboxylic acids is 1. The maximum Gasteiger partial charge on any atom is 0.472 e. The molecule has 0 saturated heterocycles. The van der Waals surface area contributed by atoms with Crippen LogP contribution in [0.4, 0.5) is 0 Å². The van der Waals surface area contributed by atoms with E-state index in [1.165, 1.54) is 44.9 Å². The Bertz CT molecular complexity index is 1040. The molecule has 0 radical (unpaired) electrons. The molecule has 4 N–H and O–H groups in total. The fraction of sp³-hybridized carbons (Fsp3) is 0.711. The summed E-state index contributed by atoms with van der Waals surface area (Å²) >= 11 is 0. The van der Waals surface area contributed by atoms with Crippen molar-refractivity contribution >= 4 is 25.7 Å². The minimum Gasteiger partial charge on any atom is -0.480 e. The van der Waals surface area contributed by atoms with Crippen LogP contribution in [0.5, 0.6) is 0 Å². The third-order valence-electron chi connectivity index (χ3n) is 7.69. The van der Waals surface area contributed by atoms with Gasteiger partial charge in [-0.1, -0.05) is 146 Å². The number of ether oxygens (including phenoxy) is 2. The van der Waals surface area contributed by atoms with E-state index in [2.05, 4.69) is 30.5 Å². The van der Waals surface area contributed by atoms with Crippen LogP contribution in [0.25, 0.3) is 0 Å². The van der Waals surface area contributed by atoms with E-state index < -0.39 is 51.1 Å². The highest BCUT2D eigenvalue weighted by molar-refractivity contribution is 7.47. The number of carbonyl (C=O) groups excluding carboxylic acids is 2. The number of aliphatic carboxylic acids is 1. The van der Waals surface area contributed by atoms with Crippen LogP contribution in [-0.2, 0) is 37.5 Å². The zero-order valence-corrected chi connectivity index (χ0v) is 31.6. The molecule has 0 aliphatic carbocycles. The molecular weight excluding hydrogens is 661 g/mol. The Hall–Kier alpha value is -2.56. The van der Waals surface area contributed by atoms with Crippen LogP contribution >= 0.6 is 7.82 Å². The van der Waals surface area contributed by atoms with Crippen molar-refractivity contribution in [3.05, 3.63) is 48.6 Å². The molecule has 3 atom stereocenters. The monoisotopic (exact) mass is 727 g/mol. The number of phosphoric ester groups is 1. The average molecular weight is 728 g/mol. The summed E-state index contributed by atoms with van der Waals surface area (Å²) in [6, 6.07) is -1.52. The molecule has 0 aromatic heterocycles. The van der Waals surface area contributed by atoms with Gasteiger partial charge in [-0.15, -0.1) is 0 Å². The second kappa shape index (κ2) is 33.6. The van der Waals surface area contributed by atoms with Gasteiger partial charge in [0.25, 0.3) is 0 Å². The van der Waals surface area contributed by atoms with Crippen LogP contribution in [0.1, 0.15) is 142 Å². The quantitative estimate of drug-likeness (QED) is 0.0250. The third kappa shape index (κ3) is 32.6. The van der Waals surface area contributed by atoms with Gasteiger partial charge in [0.15, 0.2) is 6.10 Å². The van der Waals surface area contributed by atoms with Crippen LogP contribution in [0.3, 0.4) is 0 Å². The number of carboxylic acid groups (broad SMARTS) is 1. The lowest BCUT2D eigenvalue weighted by Gasteiger charge is -2.20. The van der Waals surface area contributed by atoms with Crippen molar-refractivity contribution < 1.29 is 47.5 Å². The zero-order chi connectivity index (χ0) is 37.1. The summed E-state index contributed by atoms with van der Waals surface area (Å²) in [6.07, 6.45) is 34.7. The fourth-order valence-corrected chi connectivity index (χ4v) is 5.50. The van der Waals surface area contributed by atoms with Crippen molar-refractivity contribution in [1.29, 1.82) is 0 Å². The van der Waals surface area contributed by atoms with Crippen LogP contribution in [-0.4, -0.2) is 59.9 Å². The van der Waals surface area contributed by atoms with E-state index in [1.807, 2.05) is 36.5 Å². The smallest absolute Gasteiger partial charge is 0.472 e. The molecule has 1 unspecified atom stereocenters. The molecule has 0 aromatic carbocycles.